The van der Waals surface area contributed by atoms with Gasteiger partial charge < -0.3 is 26.2 Å². The van der Waals surface area contributed by atoms with Crippen molar-refractivity contribution in [1.82, 2.24) is 15.3 Å². The number of anilines is 1. The smallest absolute Gasteiger partial charge is 0.422 e. The molecule has 10 nitrogen and oxygen atoms in total. The Morgan fingerprint density at radius 2 is 1.81 bits per heavy atom. The number of halogens is 5. The molecule has 2 atom stereocenters. The highest BCUT2D eigenvalue weighted by molar-refractivity contribution is 6.06. The van der Waals surface area contributed by atoms with Crippen LogP contribution in [-0.4, -0.2) is 51.6 Å². The van der Waals surface area contributed by atoms with Gasteiger partial charge in [-0.3, -0.25) is 14.6 Å². The van der Waals surface area contributed by atoms with Crippen molar-refractivity contribution in [3.63, 3.8) is 0 Å². The Morgan fingerprint density at radius 3 is 2.46 bits per heavy atom. The maximum Gasteiger partial charge on any atom is 0.422 e. The van der Waals surface area contributed by atoms with Gasteiger partial charge in [-0.15, -0.1) is 0 Å². The summed E-state index contributed by atoms with van der Waals surface area (Å²) in [5, 5.41) is 17.1. The number of aliphatic hydroxyl groups is 1. The number of ether oxygens (including phenoxy) is 1. The summed E-state index contributed by atoms with van der Waals surface area (Å²) >= 11 is 0. The van der Waals surface area contributed by atoms with Gasteiger partial charge in [0.1, 0.15) is 18.1 Å². The third-order valence-electron chi connectivity index (χ3n) is 8.33. The number of nitrogens with zero attached hydrogens (tertiary/aromatic N) is 2. The Balaban J connectivity index is 1.38. The summed E-state index contributed by atoms with van der Waals surface area (Å²) in [5.41, 5.74) is -2.77. The number of alkyl halides is 4. The molecule has 250 valence electrons. The standard InChI is InChI=1S/C33H28F5N5O5/c1-16-10-19-11-18(12-23(26(19)40-14-16)42-30(46)41-21-6-7-21)24(44)8-9-32(47,33(36,37)38)25-13-22-28(48-15-31(22,35)29(39)45)27(43-25)17-2-4-20(34)5-3-17/h2-5,10-14,21,47H,6-9,15H2,1H3,(H2,39,45)(H2,41,42,46)/t31-,32+/m1/s1. The Bertz CT molecular complexity index is 1970. The van der Waals surface area contributed by atoms with E-state index in [0.29, 0.717) is 17.0 Å². The molecule has 1 fully saturated rings. The average Bonchev–Trinajstić information content (AvgIpc) is 3.78. The van der Waals surface area contributed by atoms with E-state index in [1.54, 1.807) is 19.2 Å². The highest BCUT2D eigenvalue weighted by Gasteiger charge is 2.58. The first-order chi connectivity index (χ1) is 22.6. The third kappa shape index (κ3) is 6.01. The van der Waals surface area contributed by atoms with Crippen molar-refractivity contribution in [2.75, 3.05) is 11.9 Å². The van der Waals surface area contributed by atoms with Crippen molar-refractivity contribution in [3.8, 4) is 17.0 Å². The molecule has 2 aromatic carbocycles. The maximum atomic E-state index is 15.8. The lowest BCUT2D eigenvalue weighted by Gasteiger charge is -2.31. The van der Waals surface area contributed by atoms with Crippen LogP contribution < -0.4 is 21.1 Å². The second-order valence-electron chi connectivity index (χ2n) is 12.0. The molecule has 1 aliphatic heterocycles. The molecule has 1 saturated carbocycles. The van der Waals surface area contributed by atoms with Crippen molar-refractivity contribution >= 4 is 34.3 Å². The van der Waals surface area contributed by atoms with E-state index in [4.69, 9.17) is 10.5 Å². The van der Waals surface area contributed by atoms with E-state index in [9.17, 15) is 37.1 Å². The van der Waals surface area contributed by atoms with Gasteiger partial charge in [0, 0.05) is 40.7 Å². The largest absolute Gasteiger partial charge is 0.487 e. The number of aryl methyl sites for hydroxylation is 1. The average molecular weight is 670 g/mol. The first-order valence-electron chi connectivity index (χ1n) is 14.8. The van der Waals surface area contributed by atoms with E-state index < -0.39 is 83.1 Å². The number of Topliss-reactive ketones (excluding diaryl/α,β-unsaturated/α-hetero) is 1. The van der Waals surface area contributed by atoms with Gasteiger partial charge in [0.25, 0.3) is 11.6 Å². The predicted octanol–water partition coefficient (Wildman–Crippen LogP) is 5.48. The Morgan fingerprint density at radius 1 is 1.10 bits per heavy atom. The fourth-order valence-corrected chi connectivity index (χ4v) is 5.48. The SMILES string of the molecule is Cc1cnc2c(NC(=O)NC3CC3)cc(C(=O)CC[C@](O)(c3cc4c(c(-c5ccc(F)cc5)n3)OC[C@]4(F)C(N)=O)C(F)(F)F)cc2c1. The molecular formula is C33H28F5N5O5. The van der Waals surface area contributed by atoms with Gasteiger partial charge in [0.2, 0.25) is 5.60 Å². The van der Waals surface area contributed by atoms with Gasteiger partial charge in [0.15, 0.2) is 11.5 Å². The van der Waals surface area contributed by atoms with E-state index in [1.807, 2.05) is 0 Å². The number of hydrogen-bond donors (Lipinski definition) is 4. The molecule has 2 aromatic heterocycles. The Kier molecular flexibility index (Phi) is 8.06. The molecule has 1 aliphatic carbocycles. The summed E-state index contributed by atoms with van der Waals surface area (Å²) < 4.78 is 79.1. The summed E-state index contributed by atoms with van der Waals surface area (Å²) in [4.78, 5) is 46.4. The summed E-state index contributed by atoms with van der Waals surface area (Å²) in [6.45, 7) is 0.780. The number of ketones is 1. The van der Waals surface area contributed by atoms with Crippen LogP contribution in [-0.2, 0) is 16.1 Å². The monoisotopic (exact) mass is 669 g/mol. The maximum absolute atomic E-state index is 15.8. The number of nitrogens with one attached hydrogen (secondary N) is 2. The number of hydrogen-bond acceptors (Lipinski definition) is 7. The van der Waals surface area contributed by atoms with E-state index in [2.05, 4.69) is 20.6 Å². The Labute approximate surface area is 269 Å². The second-order valence-corrected chi connectivity index (χ2v) is 12.0. The minimum atomic E-state index is -5.46. The van der Waals surface area contributed by atoms with Gasteiger partial charge in [-0.2, -0.15) is 13.2 Å². The summed E-state index contributed by atoms with van der Waals surface area (Å²) in [5.74, 6) is -3.47. The van der Waals surface area contributed by atoms with Crippen LogP contribution >= 0.6 is 0 Å². The fourth-order valence-electron chi connectivity index (χ4n) is 5.48. The highest BCUT2D eigenvalue weighted by Crippen LogP contribution is 2.49. The van der Waals surface area contributed by atoms with Gasteiger partial charge in [-0.25, -0.2) is 18.6 Å². The topological polar surface area (TPSA) is 157 Å². The molecule has 3 amide bonds. The zero-order chi connectivity index (χ0) is 34.6. The number of pyridine rings is 2. The molecule has 15 heteroatoms. The highest BCUT2D eigenvalue weighted by atomic mass is 19.4. The first kappa shape index (κ1) is 32.7. The number of nitrogens with two attached hydrogens (primary N) is 1. The van der Waals surface area contributed by atoms with Crippen LogP contribution in [0, 0.1) is 12.7 Å². The normalized spacial score (nSPS) is 18.5. The predicted molar refractivity (Wildman–Crippen MR) is 162 cm³/mol. The number of carbonyl (C=O) groups is 3. The van der Waals surface area contributed by atoms with Crippen LogP contribution in [0.5, 0.6) is 5.75 Å². The summed E-state index contributed by atoms with van der Waals surface area (Å²) in [7, 11) is 0. The van der Waals surface area contributed by atoms with E-state index in [1.165, 1.54) is 12.1 Å². The van der Waals surface area contributed by atoms with Crippen LogP contribution in [0.1, 0.15) is 52.9 Å². The number of benzene rings is 2. The van der Waals surface area contributed by atoms with Crippen LogP contribution in [0.3, 0.4) is 0 Å². The molecule has 48 heavy (non-hydrogen) atoms. The number of amides is 3. The molecule has 5 N–H and O–H groups in total. The van der Waals surface area contributed by atoms with Gasteiger partial charge in [0.05, 0.1) is 16.9 Å². The van der Waals surface area contributed by atoms with Gasteiger partial charge in [-0.05, 0) is 80.3 Å². The molecule has 4 aromatic rings. The lowest BCUT2D eigenvalue weighted by atomic mass is 9.86. The van der Waals surface area contributed by atoms with Crippen LogP contribution in [0.25, 0.3) is 22.2 Å². The third-order valence-corrected chi connectivity index (χ3v) is 8.33. The van der Waals surface area contributed by atoms with E-state index >= 15 is 4.39 Å². The van der Waals surface area contributed by atoms with Crippen molar-refractivity contribution < 1.29 is 46.2 Å². The minimum absolute atomic E-state index is 0.00496. The summed E-state index contributed by atoms with van der Waals surface area (Å²) in [6, 6.07) is 8.67. The molecule has 0 bridgehead atoms. The number of carbonyl (C=O) groups excluding carboxylic acids is 3. The number of primary amides is 1. The van der Waals surface area contributed by atoms with Gasteiger partial charge in [-0.1, -0.05) is 0 Å². The Hall–Kier alpha value is -5.18. The minimum Gasteiger partial charge on any atom is -0.487 e. The lowest BCUT2D eigenvalue weighted by molar-refractivity contribution is -0.270. The van der Waals surface area contributed by atoms with Crippen molar-refractivity contribution in [2.45, 2.75) is 56.1 Å². The zero-order valence-electron chi connectivity index (χ0n) is 25.3. The summed E-state index contributed by atoms with van der Waals surface area (Å²) in [6.07, 6.45) is -4.42. The first-order valence-corrected chi connectivity index (χ1v) is 14.8. The van der Waals surface area contributed by atoms with Crippen molar-refractivity contribution in [2.24, 2.45) is 5.73 Å². The van der Waals surface area contributed by atoms with Crippen molar-refractivity contribution in [1.29, 1.82) is 0 Å². The zero-order valence-corrected chi connectivity index (χ0v) is 25.3. The number of rotatable bonds is 9. The molecule has 6 rings (SSSR count). The van der Waals surface area contributed by atoms with Crippen LogP contribution in [0.2, 0.25) is 0 Å². The molecular weight excluding hydrogens is 641 g/mol. The molecule has 0 unspecified atom stereocenters. The van der Waals surface area contributed by atoms with Crippen LogP contribution in [0.4, 0.5) is 32.4 Å². The van der Waals surface area contributed by atoms with E-state index in [0.717, 1.165) is 42.7 Å². The van der Waals surface area contributed by atoms with Crippen molar-refractivity contribution in [3.05, 3.63) is 82.9 Å². The number of urea groups is 1. The molecule has 3 heterocycles. The lowest BCUT2D eigenvalue weighted by Crippen LogP contribution is -2.44. The quantitative estimate of drug-likeness (QED) is 0.136. The second kappa shape index (κ2) is 11.8. The van der Waals surface area contributed by atoms with E-state index in [-0.39, 0.29) is 22.9 Å². The molecule has 0 spiro atoms. The van der Waals surface area contributed by atoms with Crippen LogP contribution in [0.15, 0.2) is 54.7 Å². The molecule has 2 aliphatic rings. The van der Waals surface area contributed by atoms with Gasteiger partial charge >= 0.3 is 12.2 Å². The fraction of sp³-hybridized carbons (Fsp3) is 0.303. The number of fused-ring (bicyclic) bond motifs is 2. The molecule has 0 radical (unpaired) electrons. The molecule has 0 saturated heterocycles. The number of aromatic nitrogens is 2.